The minimum absolute atomic E-state index is 0.0373. The smallest absolute Gasteiger partial charge is 0.326 e. The van der Waals surface area contributed by atoms with E-state index in [4.69, 9.17) is 11.5 Å². The molecule has 0 aliphatic rings. The molecule has 0 saturated carbocycles. The number of aromatic nitrogens is 1. The van der Waals surface area contributed by atoms with E-state index in [1.165, 1.54) is 0 Å². The number of H-pyrrole nitrogens is 1. The van der Waals surface area contributed by atoms with E-state index >= 15 is 0 Å². The first-order valence-corrected chi connectivity index (χ1v) is 13.1. The van der Waals surface area contributed by atoms with Gasteiger partial charge in [0, 0.05) is 23.5 Å². The topological polar surface area (TPSA) is 209 Å². The van der Waals surface area contributed by atoms with Crippen LogP contribution < -0.4 is 27.4 Å². The van der Waals surface area contributed by atoms with Gasteiger partial charge in [-0.3, -0.25) is 19.2 Å². The molecular formula is C27H40N6O6. The van der Waals surface area contributed by atoms with Crippen LogP contribution in [0.25, 0.3) is 10.9 Å². The zero-order valence-corrected chi connectivity index (χ0v) is 22.8. The fourth-order valence-corrected chi connectivity index (χ4v) is 4.20. The minimum Gasteiger partial charge on any atom is -0.480 e. The average molecular weight is 545 g/mol. The lowest BCUT2D eigenvalue weighted by molar-refractivity contribution is -0.142. The minimum atomic E-state index is -1.24. The zero-order chi connectivity index (χ0) is 29.3. The van der Waals surface area contributed by atoms with Crippen LogP contribution >= 0.6 is 0 Å². The standard InChI is InChI=1S/C27H40N6O6/c1-5-14(3)22(33-26(37)23(15(4)6-2)32-24(35)18(28)12-21(29)34)25(36)31-20(27(38)39)11-16-13-30-19-10-8-7-9-17(16)19/h7-10,13-15,18,20,22-23,30H,5-6,11-12,28H2,1-4H3,(H2,29,34)(H,31,36)(H,32,35)(H,33,37)(H,38,39). The molecule has 9 N–H and O–H groups in total. The molecule has 39 heavy (non-hydrogen) atoms. The average Bonchev–Trinajstić information content (AvgIpc) is 3.30. The van der Waals surface area contributed by atoms with E-state index in [0.29, 0.717) is 12.8 Å². The van der Waals surface area contributed by atoms with Crippen LogP contribution in [0.4, 0.5) is 0 Å². The summed E-state index contributed by atoms with van der Waals surface area (Å²) in [6.07, 6.45) is 2.40. The first-order valence-electron chi connectivity index (χ1n) is 13.1. The van der Waals surface area contributed by atoms with Gasteiger partial charge in [0.2, 0.25) is 23.6 Å². The van der Waals surface area contributed by atoms with Gasteiger partial charge in [-0.15, -0.1) is 0 Å². The van der Waals surface area contributed by atoms with Gasteiger partial charge in [-0.1, -0.05) is 58.7 Å². The predicted octanol–water partition coefficient (Wildman–Crippen LogP) is 0.544. The molecule has 12 heteroatoms. The molecule has 6 unspecified atom stereocenters. The maximum absolute atomic E-state index is 13.3. The summed E-state index contributed by atoms with van der Waals surface area (Å²) < 4.78 is 0. The Labute approximate surface area is 227 Å². The highest BCUT2D eigenvalue weighted by molar-refractivity contribution is 5.95. The van der Waals surface area contributed by atoms with Crippen LogP contribution in [0.2, 0.25) is 0 Å². The molecule has 0 aliphatic carbocycles. The Hall–Kier alpha value is -3.93. The van der Waals surface area contributed by atoms with Crippen molar-refractivity contribution in [1.29, 1.82) is 0 Å². The summed E-state index contributed by atoms with van der Waals surface area (Å²) in [6.45, 7) is 7.19. The van der Waals surface area contributed by atoms with Gasteiger partial charge in [0.1, 0.15) is 18.1 Å². The van der Waals surface area contributed by atoms with Gasteiger partial charge < -0.3 is 37.5 Å². The van der Waals surface area contributed by atoms with E-state index in [1.807, 2.05) is 38.1 Å². The molecule has 2 rings (SSSR count). The number of aliphatic carboxylic acids is 1. The molecule has 0 radical (unpaired) electrons. The van der Waals surface area contributed by atoms with Crippen LogP contribution in [0.15, 0.2) is 30.5 Å². The fourth-order valence-electron chi connectivity index (χ4n) is 4.20. The molecule has 1 aromatic carbocycles. The van der Waals surface area contributed by atoms with Crippen molar-refractivity contribution in [2.24, 2.45) is 23.3 Å². The van der Waals surface area contributed by atoms with Crippen LogP contribution in [0.5, 0.6) is 0 Å². The van der Waals surface area contributed by atoms with E-state index in [2.05, 4.69) is 20.9 Å². The quantitative estimate of drug-likeness (QED) is 0.169. The number of hydrogen-bond donors (Lipinski definition) is 7. The Balaban J connectivity index is 2.21. The SMILES string of the molecule is CCC(C)C(NC(=O)C(N)CC(N)=O)C(=O)NC(C(=O)NC(Cc1c[nH]c2ccccc12)C(=O)O)C(C)CC. The monoisotopic (exact) mass is 544 g/mol. The number of nitrogens with two attached hydrogens (primary N) is 2. The number of para-hydroxylation sites is 1. The Morgan fingerprint density at radius 3 is 1.97 bits per heavy atom. The van der Waals surface area contributed by atoms with Gasteiger partial charge in [0.25, 0.3) is 0 Å². The van der Waals surface area contributed by atoms with Crippen molar-refractivity contribution in [2.75, 3.05) is 0 Å². The Bertz CT molecular complexity index is 1180. The third-order valence-corrected chi connectivity index (χ3v) is 7.06. The van der Waals surface area contributed by atoms with Crippen LogP contribution in [-0.4, -0.2) is 63.9 Å². The van der Waals surface area contributed by atoms with Gasteiger partial charge in [-0.25, -0.2) is 4.79 Å². The summed E-state index contributed by atoms with van der Waals surface area (Å²) in [5, 5.41) is 18.6. The first kappa shape index (κ1) is 31.3. The van der Waals surface area contributed by atoms with Crippen molar-refractivity contribution in [2.45, 2.75) is 77.5 Å². The van der Waals surface area contributed by atoms with Gasteiger partial charge in [-0.05, 0) is 23.5 Å². The molecule has 4 amide bonds. The summed E-state index contributed by atoms with van der Waals surface area (Å²) in [5.41, 5.74) is 12.4. The highest BCUT2D eigenvalue weighted by Crippen LogP contribution is 2.20. The van der Waals surface area contributed by atoms with Crippen molar-refractivity contribution < 1.29 is 29.1 Å². The second-order valence-electron chi connectivity index (χ2n) is 9.98. The maximum Gasteiger partial charge on any atom is 0.326 e. The Morgan fingerprint density at radius 1 is 0.897 bits per heavy atom. The van der Waals surface area contributed by atoms with Gasteiger partial charge >= 0.3 is 5.97 Å². The van der Waals surface area contributed by atoms with Crippen LogP contribution in [0, 0.1) is 11.8 Å². The fraction of sp³-hybridized carbons (Fsp3) is 0.519. The molecule has 0 aliphatic heterocycles. The normalized spacial score (nSPS) is 15.8. The van der Waals surface area contributed by atoms with Crippen LogP contribution in [-0.2, 0) is 30.4 Å². The van der Waals surface area contributed by atoms with Gasteiger partial charge in [0.15, 0.2) is 0 Å². The number of fused-ring (bicyclic) bond motifs is 1. The number of nitrogens with one attached hydrogen (secondary N) is 4. The molecule has 1 aromatic heterocycles. The number of carbonyl (C=O) groups is 5. The molecule has 1 heterocycles. The van der Waals surface area contributed by atoms with Crippen molar-refractivity contribution in [1.82, 2.24) is 20.9 Å². The number of hydrogen-bond acceptors (Lipinski definition) is 6. The number of carboxylic acids is 1. The molecule has 0 fully saturated rings. The number of rotatable bonds is 15. The van der Waals surface area contributed by atoms with Crippen molar-refractivity contribution >= 4 is 40.5 Å². The van der Waals surface area contributed by atoms with E-state index in [0.717, 1.165) is 16.5 Å². The number of benzene rings is 1. The third kappa shape index (κ3) is 8.54. The second-order valence-corrected chi connectivity index (χ2v) is 9.98. The first-order chi connectivity index (χ1) is 18.4. The van der Waals surface area contributed by atoms with E-state index in [9.17, 15) is 29.1 Å². The molecule has 214 valence electrons. The lowest BCUT2D eigenvalue weighted by Gasteiger charge is -2.30. The maximum atomic E-state index is 13.3. The molecule has 6 atom stereocenters. The molecule has 2 aromatic rings. The Morgan fingerprint density at radius 2 is 1.44 bits per heavy atom. The number of aromatic amines is 1. The predicted molar refractivity (Wildman–Crippen MR) is 146 cm³/mol. The van der Waals surface area contributed by atoms with E-state index < -0.39 is 53.8 Å². The van der Waals surface area contributed by atoms with Crippen molar-refractivity contribution in [3.05, 3.63) is 36.0 Å². The number of amides is 4. The molecular weight excluding hydrogens is 504 g/mol. The van der Waals surface area contributed by atoms with E-state index in [1.54, 1.807) is 20.0 Å². The van der Waals surface area contributed by atoms with Crippen molar-refractivity contribution in [3.8, 4) is 0 Å². The summed E-state index contributed by atoms with van der Waals surface area (Å²) in [7, 11) is 0. The molecule has 0 spiro atoms. The Kier molecular flexibility index (Phi) is 11.5. The summed E-state index contributed by atoms with van der Waals surface area (Å²) in [4.78, 5) is 65.5. The summed E-state index contributed by atoms with van der Waals surface area (Å²) in [5.74, 6) is -4.63. The highest BCUT2D eigenvalue weighted by atomic mass is 16.4. The third-order valence-electron chi connectivity index (χ3n) is 7.06. The lowest BCUT2D eigenvalue weighted by Crippen LogP contribution is -2.60. The van der Waals surface area contributed by atoms with Gasteiger partial charge in [-0.2, -0.15) is 0 Å². The number of carbonyl (C=O) groups excluding carboxylic acids is 4. The molecule has 0 saturated heterocycles. The highest BCUT2D eigenvalue weighted by Gasteiger charge is 2.34. The van der Waals surface area contributed by atoms with Crippen molar-refractivity contribution in [3.63, 3.8) is 0 Å². The van der Waals surface area contributed by atoms with Crippen LogP contribution in [0.1, 0.15) is 52.5 Å². The lowest BCUT2D eigenvalue weighted by atomic mass is 9.94. The summed E-state index contributed by atoms with van der Waals surface area (Å²) >= 11 is 0. The zero-order valence-electron chi connectivity index (χ0n) is 22.8. The molecule has 12 nitrogen and oxygen atoms in total. The number of carboxylic acid groups (broad SMARTS) is 1. The largest absolute Gasteiger partial charge is 0.480 e. The van der Waals surface area contributed by atoms with Gasteiger partial charge in [0.05, 0.1) is 12.5 Å². The van der Waals surface area contributed by atoms with Crippen LogP contribution in [0.3, 0.4) is 0 Å². The summed E-state index contributed by atoms with van der Waals surface area (Å²) in [6, 6.07) is 2.87. The molecule has 0 bridgehead atoms. The number of primary amides is 1. The second kappa shape index (κ2) is 14.3. The van der Waals surface area contributed by atoms with E-state index in [-0.39, 0.29) is 24.7 Å².